The van der Waals surface area contributed by atoms with Crippen molar-refractivity contribution < 1.29 is 5.11 Å². The van der Waals surface area contributed by atoms with E-state index in [0.717, 1.165) is 76.0 Å². The Bertz CT molecular complexity index is 712. The Morgan fingerprint density at radius 1 is 1.08 bits per heavy atom. The first-order valence-corrected chi connectivity index (χ1v) is 9.51. The van der Waals surface area contributed by atoms with Crippen LogP contribution >= 0.6 is 0 Å². The number of likely N-dealkylation sites (tertiary alicyclic amines) is 1. The molecular weight excluding hydrogens is 330 g/mol. The molecule has 26 heavy (non-hydrogen) atoms. The summed E-state index contributed by atoms with van der Waals surface area (Å²) in [6.07, 6.45) is 7.36. The fourth-order valence-electron chi connectivity index (χ4n) is 3.97. The average molecular weight is 357 g/mol. The van der Waals surface area contributed by atoms with Gasteiger partial charge in [-0.25, -0.2) is 9.97 Å². The highest BCUT2D eigenvalue weighted by atomic mass is 16.3. The van der Waals surface area contributed by atoms with Crippen molar-refractivity contribution in [1.82, 2.24) is 29.6 Å². The summed E-state index contributed by atoms with van der Waals surface area (Å²) in [4.78, 5) is 13.4. The maximum atomic E-state index is 9.67. The van der Waals surface area contributed by atoms with Crippen LogP contribution in [0.3, 0.4) is 0 Å². The summed E-state index contributed by atoms with van der Waals surface area (Å²) in [7, 11) is 2.07. The van der Waals surface area contributed by atoms with Crippen LogP contribution in [-0.4, -0.2) is 67.0 Å². The zero-order chi connectivity index (χ0) is 17.9. The number of anilines is 1. The number of piperidine rings is 2. The molecule has 2 aliphatic heterocycles. The molecule has 1 atom stereocenters. The monoisotopic (exact) mass is 357 g/mol. The number of rotatable bonds is 4. The van der Waals surface area contributed by atoms with Crippen LogP contribution in [-0.2, 0) is 13.6 Å². The first kappa shape index (κ1) is 17.4. The molecule has 8 heteroatoms. The minimum atomic E-state index is -0.144. The van der Waals surface area contributed by atoms with Gasteiger partial charge in [0.2, 0.25) is 5.95 Å². The van der Waals surface area contributed by atoms with Gasteiger partial charge in [0.1, 0.15) is 11.6 Å². The molecule has 0 spiro atoms. The van der Waals surface area contributed by atoms with Crippen LogP contribution in [0.1, 0.15) is 43.3 Å². The Morgan fingerprint density at radius 3 is 2.62 bits per heavy atom. The first-order chi connectivity index (χ1) is 12.7. The molecule has 2 aromatic rings. The Hall–Kier alpha value is -2.06. The number of nitrogens with zero attached hydrogens (tertiary/aromatic N) is 7. The molecule has 0 amide bonds. The number of aliphatic hydroxyl groups is 1. The topological polar surface area (TPSA) is 83.2 Å². The lowest BCUT2D eigenvalue weighted by Gasteiger charge is -2.32. The van der Waals surface area contributed by atoms with E-state index in [0.29, 0.717) is 5.92 Å². The van der Waals surface area contributed by atoms with Crippen molar-refractivity contribution >= 4 is 5.95 Å². The second-order valence-corrected chi connectivity index (χ2v) is 7.37. The predicted molar refractivity (Wildman–Crippen MR) is 97.7 cm³/mol. The van der Waals surface area contributed by atoms with Crippen molar-refractivity contribution in [2.45, 2.75) is 44.2 Å². The van der Waals surface area contributed by atoms with Crippen molar-refractivity contribution in [3.05, 3.63) is 30.1 Å². The van der Waals surface area contributed by atoms with Crippen LogP contribution in [0.15, 0.2) is 18.5 Å². The van der Waals surface area contributed by atoms with E-state index in [1.165, 1.54) is 0 Å². The fraction of sp³-hybridized carbons (Fsp3) is 0.667. The van der Waals surface area contributed by atoms with E-state index in [-0.39, 0.29) is 6.10 Å². The second kappa shape index (κ2) is 7.67. The molecule has 0 unspecified atom stereocenters. The lowest BCUT2D eigenvalue weighted by Crippen LogP contribution is -2.37. The van der Waals surface area contributed by atoms with Crippen LogP contribution in [0.4, 0.5) is 5.95 Å². The van der Waals surface area contributed by atoms with Crippen LogP contribution in [0.2, 0.25) is 0 Å². The third-order valence-electron chi connectivity index (χ3n) is 5.54. The van der Waals surface area contributed by atoms with Crippen molar-refractivity contribution in [3.8, 4) is 0 Å². The summed E-state index contributed by atoms with van der Waals surface area (Å²) in [5.74, 6) is 3.20. The minimum absolute atomic E-state index is 0.144. The van der Waals surface area contributed by atoms with E-state index >= 15 is 0 Å². The molecule has 0 radical (unpaired) electrons. The fourth-order valence-corrected chi connectivity index (χ4v) is 3.97. The molecule has 4 heterocycles. The smallest absolute Gasteiger partial charge is 0.225 e. The molecule has 8 nitrogen and oxygen atoms in total. The summed E-state index contributed by atoms with van der Waals surface area (Å²) < 4.78 is 2.16. The Labute approximate surface area is 153 Å². The Morgan fingerprint density at radius 2 is 1.85 bits per heavy atom. The van der Waals surface area contributed by atoms with Gasteiger partial charge in [-0.3, -0.25) is 4.90 Å². The number of aliphatic hydroxyl groups excluding tert-OH is 1. The van der Waals surface area contributed by atoms with Crippen molar-refractivity contribution in [2.24, 2.45) is 7.05 Å². The standard InChI is InChI=1S/C18H27N7O/c1-23-16(13-24-10-5-15(26)6-11-24)21-22-17(23)14-4-2-9-25(12-14)18-19-7-3-8-20-18/h3,7-8,14-15,26H,2,4-6,9-13H2,1H3/t14-/m1/s1. The number of hydrogen-bond acceptors (Lipinski definition) is 7. The highest BCUT2D eigenvalue weighted by molar-refractivity contribution is 5.30. The molecule has 140 valence electrons. The van der Waals surface area contributed by atoms with E-state index in [2.05, 4.69) is 41.6 Å². The van der Waals surface area contributed by atoms with E-state index in [9.17, 15) is 5.11 Å². The van der Waals surface area contributed by atoms with Gasteiger partial charge in [-0.05, 0) is 31.7 Å². The van der Waals surface area contributed by atoms with Gasteiger partial charge in [0.25, 0.3) is 0 Å². The largest absolute Gasteiger partial charge is 0.393 e. The Balaban J connectivity index is 1.44. The molecule has 2 aliphatic rings. The van der Waals surface area contributed by atoms with E-state index in [1.807, 2.05) is 6.07 Å². The molecule has 2 saturated heterocycles. The third-order valence-corrected chi connectivity index (χ3v) is 5.54. The van der Waals surface area contributed by atoms with Crippen LogP contribution < -0.4 is 4.90 Å². The SMILES string of the molecule is Cn1c(CN2CCC(O)CC2)nnc1[C@@H]1CCCN(c2ncccn2)C1. The maximum absolute atomic E-state index is 9.67. The summed E-state index contributed by atoms with van der Waals surface area (Å²) in [5, 5.41) is 18.6. The molecular formula is C18H27N7O. The molecule has 0 bridgehead atoms. The summed E-state index contributed by atoms with van der Waals surface area (Å²) in [6.45, 7) is 4.51. The third kappa shape index (κ3) is 3.71. The van der Waals surface area contributed by atoms with E-state index in [1.54, 1.807) is 12.4 Å². The quantitative estimate of drug-likeness (QED) is 0.872. The first-order valence-electron chi connectivity index (χ1n) is 9.51. The molecule has 0 aliphatic carbocycles. The lowest BCUT2D eigenvalue weighted by atomic mass is 9.97. The van der Waals surface area contributed by atoms with Gasteiger partial charge >= 0.3 is 0 Å². The summed E-state index contributed by atoms with van der Waals surface area (Å²) in [5.41, 5.74) is 0. The summed E-state index contributed by atoms with van der Waals surface area (Å²) in [6, 6.07) is 1.85. The number of aromatic nitrogens is 5. The zero-order valence-electron chi connectivity index (χ0n) is 15.3. The lowest BCUT2D eigenvalue weighted by molar-refractivity contribution is 0.0775. The predicted octanol–water partition coefficient (Wildman–Crippen LogP) is 0.946. The molecule has 0 saturated carbocycles. The highest BCUT2D eigenvalue weighted by Crippen LogP contribution is 2.27. The minimum Gasteiger partial charge on any atom is -0.393 e. The average Bonchev–Trinajstić information content (AvgIpc) is 3.05. The van der Waals surface area contributed by atoms with E-state index in [4.69, 9.17) is 0 Å². The maximum Gasteiger partial charge on any atom is 0.225 e. The van der Waals surface area contributed by atoms with Gasteiger partial charge in [-0.15, -0.1) is 10.2 Å². The molecule has 4 rings (SSSR count). The normalized spacial score (nSPS) is 22.7. The van der Waals surface area contributed by atoms with Crippen molar-refractivity contribution in [3.63, 3.8) is 0 Å². The molecule has 2 fully saturated rings. The molecule has 2 aromatic heterocycles. The van der Waals surface area contributed by atoms with Crippen LogP contribution in [0, 0.1) is 0 Å². The van der Waals surface area contributed by atoms with Gasteiger partial charge in [0.05, 0.1) is 12.6 Å². The zero-order valence-corrected chi connectivity index (χ0v) is 15.3. The second-order valence-electron chi connectivity index (χ2n) is 7.37. The van der Waals surface area contributed by atoms with Gasteiger partial charge < -0.3 is 14.6 Å². The van der Waals surface area contributed by atoms with Gasteiger partial charge in [-0.2, -0.15) is 0 Å². The highest BCUT2D eigenvalue weighted by Gasteiger charge is 2.27. The van der Waals surface area contributed by atoms with E-state index < -0.39 is 0 Å². The van der Waals surface area contributed by atoms with Crippen molar-refractivity contribution in [2.75, 3.05) is 31.1 Å². The Kier molecular flexibility index (Phi) is 5.12. The molecule has 0 aromatic carbocycles. The van der Waals surface area contributed by atoms with Gasteiger partial charge in [0.15, 0.2) is 0 Å². The van der Waals surface area contributed by atoms with Crippen LogP contribution in [0.5, 0.6) is 0 Å². The van der Waals surface area contributed by atoms with Crippen LogP contribution in [0.25, 0.3) is 0 Å². The molecule has 1 N–H and O–H groups in total. The van der Waals surface area contributed by atoms with Gasteiger partial charge in [0, 0.05) is 51.5 Å². The number of hydrogen-bond donors (Lipinski definition) is 1. The van der Waals surface area contributed by atoms with Gasteiger partial charge in [-0.1, -0.05) is 0 Å². The van der Waals surface area contributed by atoms with Crippen molar-refractivity contribution in [1.29, 1.82) is 0 Å². The summed E-state index contributed by atoms with van der Waals surface area (Å²) >= 11 is 0.